The summed E-state index contributed by atoms with van der Waals surface area (Å²) in [5.74, 6) is -1.06. The lowest BCUT2D eigenvalue weighted by Gasteiger charge is -2.12. The van der Waals surface area contributed by atoms with Crippen LogP contribution in [0.25, 0.3) is 0 Å². The molecule has 0 saturated carbocycles. The van der Waals surface area contributed by atoms with Crippen molar-refractivity contribution in [1.82, 2.24) is 30.2 Å². The first kappa shape index (κ1) is 28.1. The van der Waals surface area contributed by atoms with Crippen molar-refractivity contribution in [3.8, 4) is 0 Å². The number of pyridine rings is 1. The predicted octanol–water partition coefficient (Wildman–Crippen LogP) is 4.72. The highest BCUT2D eigenvalue weighted by atomic mass is 35.5. The normalized spacial score (nSPS) is 12.0. The van der Waals surface area contributed by atoms with Gasteiger partial charge in [0.15, 0.2) is 5.13 Å². The van der Waals surface area contributed by atoms with Gasteiger partial charge in [-0.2, -0.15) is 13.2 Å². The average Bonchev–Trinajstić information content (AvgIpc) is 3.60. The molecule has 11 nitrogen and oxygen atoms in total. The van der Waals surface area contributed by atoms with E-state index in [0.29, 0.717) is 30.0 Å². The van der Waals surface area contributed by atoms with E-state index in [1.165, 1.54) is 29.9 Å². The van der Waals surface area contributed by atoms with Crippen LogP contribution in [0.2, 0.25) is 5.02 Å². The van der Waals surface area contributed by atoms with Crippen molar-refractivity contribution < 1.29 is 22.8 Å². The van der Waals surface area contributed by atoms with Crippen LogP contribution >= 0.6 is 34.3 Å². The second kappa shape index (κ2) is 12.3. The lowest BCUT2D eigenvalue weighted by Crippen LogP contribution is -2.27. The Hall–Kier alpha value is -3.89. The van der Waals surface area contributed by atoms with E-state index in [1.807, 2.05) is 5.38 Å². The standard InChI is InChI=1S/C22H19ClF3N9O2S2/c1-11(34-18(36)14-7-16(33-10-32-14)27-2-3-28-21-29-4-5-38-21)20-31-9-15(39-20)19(37)35-17-6-12(22(24,25)26)13(23)8-30-17/h4-11H,2-3H2,1H3,(H,28,29)(H,34,36)(H,27,32,33)(H,30,35,37). The lowest BCUT2D eigenvalue weighted by atomic mass is 10.2. The summed E-state index contributed by atoms with van der Waals surface area (Å²) in [5, 5.41) is 13.8. The molecule has 0 saturated heterocycles. The second-order valence-corrected chi connectivity index (χ2v) is 10.1. The molecule has 0 bridgehead atoms. The number of alkyl halides is 3. The molecule has 0 aliphatic heterocycles. The number of hydrogen-bond donors (Lipinski definition) is 4. The third-order valence-electron chi connectivity index (χ3n) is 4.91. The molecular weight excluding hydrogens is 579 g/mol. The number of rotatable bonds is 10. The molecule has 17 heteroatoms. The summed E-state index contributed by atoms with van der Waals surface area (Å²) in [7, 11) is 0. The van der Waals surface area contributed by atoms with Gasteiger partial charge < -0.3 is 21.3 Å². The third-order valence-corrected chi connectivity index (χ3v) is 7.12. The van der Waals surface area contributed by atoms with Crippen LogP contribution < -0.4 is 21.3 Å². The van der Waals surface area contributed by atoms with Crippen LogP contribution in [0.3, 0.4) is 0 Å². The molecular formula is C22H19ClF3N9O2S2. The summed E-state index contributed by atoms with van der Waals surface area (Å²) in [4.78, 5) is 45.5. The van der Waals surface area contributed by atoms with Gasteiger partial charge in [0.05, 0.1) is 22.8 Å². The van der Waals surface area contributed by atoms with Gasteiger partial charge >= 0.3 is 6.18 Å². The molecule has 1 atom stereocenters. The first-order valence-electron chi connectivity index (χ1n) is 11.1. The molecule has 39 heavy (non-hydrogen) atoms. The van der Waals surface area contributed by atoms with Gasteiger partial charge in [-0.15, -0.1) is 22.7 Å². The minimum atomic E-state index is -4.70. The molecule has 0 radical (unpaired) electrons. The highest BCUT2D eigenvalue weighted by Gasteiger charge is 2.34. The minimum absolute atomic E-state index is 0.108. The number of amides is 2. The molecule has 2 amide bonds. The van der Waals surface area contributed by atoms with Gasteiger partial charge in [0, 0.05) is 36.9 Å². The van der Waals surface area contributed by atoms with E-state index in [-0.39, 0.29) is 16.4 Å². The number of thiazole rings is 2. The molecule has 0 spiro atoms. The molecule has 4 aromatic rings. The number of nitrogens with one attached hydrogen (secondary N) is 4. The molecule has 4 rings (SSSR count). The van der Waals surface area contributed by atoms with Crippen molar-refractivity contribution in [1.29, 1.82) is 0 Å². The van der Waals surface area contributed by atoms with Crippen molar-refractivity contribution in [3.63, 3.8) is 0 Å². The maximum absolute atomic E-state index is 13.1. The molecule has 0 aromatic carbocycles. The van der Waals surface area contributed by atoms with Crippen molar-refractivity contribution in [2.24, 2.45) is 0 Å². The van der Waals surface area contributed by atoms with Crippen LogP contribution in [-0.2, 0) is 6.18 Å². The Kier molecular flexibility index (Phi) is 8.88. The van der Waals surface area contributed by atoms with Crippen LogP contribution in [0.1, 0.15) is 43.7 Å². The number of carbonyl (C=O) groups is 2. The maximum Gasteiger partial charge on any atom is 0.418 e. The fourth-order valence-electron chi connectivity index (χ4n) is 3.08. The Morgan fingerprint density at radius 2 is 1.79 bits per heavy atom. The van der Waals surface area contributed by atoms with E-state index in [1.54, 1.807) is 13.1 Å². The van der Waals surface area contributed by atoms with Crippen LogP contribution in [0.5, 0.6) is 0 Å². The Morgan fingerprint density at radius 1 is 1.00 bits per heavy atom. The number of anilines is 3. The zero-order valence-electron chi connectivity index (χ0n) is 19.9. The molecule has 0 fully saturated rings. The minimum Gasteiger partial charge on any atom is -0.368 e. The summed E-state index contributed by atoms with van der Waals surface area (Å²) >= 11 is 8.01. The maximum atomic E-state index is 13.1. The molecule has 4 heterocycles. The van der Waals surface area contributed by atoms with E-state index in [0.717, 1.165) is 22.7 Å². The fourth-order valence-corrected chi connectivity index (χ4v) is 4.66. The number of aromatic nitrogens is 5. The van der Waals surface area contributed by atoms with Gasteiger partial charge in [0.2, 0.25) is 0 Å². The van der Waals surface area contributed by atoms with Crippen LogP contribution in [-0.4, -0.2) is 49.8 Å². The van der Waals surface area contributed by atoms with Gasteiger partial charge in [0.1, 0.15) is 33.5 Å². The van der Waals surface area contributed by atoms with Gasteiger partial charge in [-0.05, 0) is 13.0 Å². The summed E-state index contributed by atoms with van der Waals surface area (Å²) in [6, 6.07) is 1.55. The van der Waals surface area contributed by atoms with E-state index in [2.05, 4.69) is 46.2 Å². The summed E-state index contributed by atoms with van der Waals surface area (Å²) < 4.78 is 39.2. The van der Waals surface area contributed by atoms with Gasteiger partial charge in [-0.1, -0.05) is 11.6 Å². The summed E-state index contributed by atoms with van der Waals surface area (Å²) in [5.41, 5.74) is -0.998. The largest absolute Gasteiger partial charge is 0.418 e. The van der Waals surface area contributed by atoms with Crippen molar-refractivity contribution >= 4 is 62.9 Å². The summed E-state index contributed by atoms with van der Waals surface area (Å²) in [6.07, 6.45) is 0.322. The second-order valence-electron chi connectivity index (χ2n) is 7.74. The SMILES string of the molecule is CC(NC(=O)c1cc(NCCNc2nccs2)ncn1)c1ncc(C(=O)Nc2cc(C(F)(F)F)c(Cl)cn2)s1. The van der Waals surface area contributed by atoms with Gasteiger partial charge in [0.25, 0.3) is 11.8 Å². The van der Waals surface area contributed by atoms with E-state index >= 15 is 0 Å². The molecule has 0 aliphatic carbocycles. The smallest absolute Gasteiger partial charge is 0.368 e. The van der Waals surface area contributed by atoms with Gasteiger partial charge in [-0.3, -0.25) is 9.59 Å². The van der Waals surface area contributed by atoms with Crippen LogP contribution in [0.15, 0.2) is 42.4 Å². The monoisotopic (exact) mass is 597 g/mol. The van der Waals surface area contributed by atoms with Crippen molar-refractivity contribution in [3.05, 3.63) is 68.6 Å². The molecule has 4 aromatic heterocycles. The van der Waals surface area contributed by atoms with Gasteiger partial charge in [-0.25, -0.2) is 24.9 Å². The number of halogens is 4. The first-order chi connectivity index (χ1) is 18.6. The number of hydrogen-bond acceptors (Lipinski definition) is 11. The number of nitrogens with zero attached hydrogens (tertiary/aromatic N) is 5. The topological polar surface area (TPSA) is 147 Å². The molecule has 0 aliphatic rings. The Labute approximate surface area is 232 Å². The summed E-state index contributed by atoms with van der Waals surface area (Å²) in [6.45, 7) is 2.79. The average molecular weight is 598 g/mol. The predicted molar refractivity (Wildman–Crippen MR) is 141 cm³/mol. The molecule has 4 N–H and O–H groups in total. The highest BCUT2D eigenvalue weighted by Crippen LogP contribution is 2.35. The Bertz CT molecular complexity index is 1450. The highest BCUT2D eigenvalue weighted by molar-refractivity contribution is 7.14. The van der Waals surface area contributed by atoms with E-state index in [4.69, 9.17) is 11.6 Å². The van der Waals surface area contributed by atoms with E-state index in [9.17, 15) is 22.8 Å². The molecule has 1 unspecified atom stereocenters. The fraction of sp³-hybridized carbons (Fsp3) is 0.227. The van der Waals surface area contributed by atoms with E-state index < -0.39 is 34.6 Å². The lowest BCUT2D eigenvalue weighted by molar-refractivity contribution is -0.137. The third kappa shape index (κ3) is 7.58. The van der Waals surface area contributed by atoms with Crippen LogP contribution in [0, 0.1) is 0 Å². The zero-order chi connectivity index (χ0) is 28.0. The number of carbonyl (C=O) groups excluding carboxylic acids is 2. The van der Waals surface area contributed by atoms with Crippen molar-refractivity contribution in [2.75, 3.05) is 29.0 Å². The quantitative estimate of drug-likeness (QED) is 0.191. The molecule has 204 valence electrons. The Balaban J connectivity index is 1.32. The van der Waals surface area contributed by atoms with Crippen molar-refractivity contribution in [2.45, 2.75) is 19.1 Å². The zero-order valence-corrected chi connectivity index (χ0v) is 22.3. The van der Waals surface area contributed by atoms with Crippen LogP contribution in [0.4, 0.5) is 29.9 Å². The first-order valence-corrected chi connectivity index (χ1v) is 13.2. The Morgan fingerprint density at radius 3 is 2.54 bits per heavy atom.